The number of hydrogen-bond acceptors (Lipinski definition) is 6. The van der Waals surface area contributed by atoms with Gasteiger partial charge in [0.1, 0.15) is 15.7 Å². The van der Waals surface area contributed by atoms with E-state index in [2.05, 4.69) is 14.8 Å². The first-order valence-corrected chi connectivity index (χ1v) is 11.8. The number of carbonyl (C=O) groups is 1. The summed E-state index contributed by atoms with van der Waals surface area (Å²) in [6, 6.07) is 3.75. The Kier molecular flexibility index (Phi) is 6.60. The van der Waals surface area contributed by atoms with Gasteiger partial charge in [0.15, 0.2) is 0 Å². The highest BCUT2D eigenvalue weighted by Gasteiger charge is 2.30. The molecule has 2 fully saturated rings. The molecule has 150 valence electrons. The molecule has 1 aromatic rings. The van der Waals surface area contributed by atoms with E-state index in [4.69, 9.17) is 11.6 Å². The number of nitrogens with zero attached hydrogens (tertiary/aromatic N) is 4. The summed E-state index contributed by atoms with van der Waals surface area (Å²) in [5.41, 5.74) is 0. The van der Waals surface area contributed by atoms with Crippen LogP contribution < -0.4 is 4.90 Å². The number of sulfone groups is 1. The highest BCUT2D eigenvalue weighted by Crippen LogP contribution is 2.24. The van der Waals surface area contributed by atoms with Crippen LogP contribution in [0.5, 0.6) is 0 Å². The molecule has 0 saturated carbocycles. The third kappa shape index (κ3) is 5.80. The predicted molar refractivity (Wildman–Crippen MR) is 107 cm³/mol. The molecule has 2 aliphatic heterocycles. The minimum atomic E-state index is -2.94. The minimum absolute atomic E-state index is 0.0659. The standard InChI is InChI=1S/C18H27ClN4O3S/c1-27(25,26)13-12-21-8-10-23(11-9-21)18(24)15-4-6-22(7-5-15)17-3-2-16(19)14-20-17/h2-3,14-15H,4-13H2,1H3. The Bertz CT molecular complexity index is 740. The maximum Gasteiger partial charge on any atom is 0.225 e. The molecule has 9 heteroatoms. The molecule has 0 aromatic carbocycles. The molecule has 0 radical (unpaired) electrons. The van der Waals surface area contributed by atoms with Gasteiger partial charge in [-0.3, -0.25) is 9.69 Å². The van der Waals surface area contributed by atoms with Gasteiger partial charge in [-0.15, -0.1) is 0 Å². The van der Waals surface area contributed by atoms with Gasteiger partial charge in [-0.2, -0.15) is 0 Å². The van der Waals surface area contributed by atoms with E-state index in [1.165, 1.54) is 6.26 Å². The van der Waals surface area contributed by atoms with Crippen molar-refractivity contribution in [3.05, 3.63) is 23.4 Å². The van der Waals surface area contributed by atoms with Crippen molar-refractivity contribution in [2.24, 2.45) is 5.92 Å². The van der Waals surface area contributed by atoms with Crippen molar-refractivity contribution < 1.29 is 13.2 Å². The Hall–Kier alpha value is -1.38. The molecule has 27 heavy (non-hydrogen) atoms. The van der Waals surface area contributed by atoms with Crippen molar-refractivity contribution in [2.75, 3.05) is 62.7 Å². The first-order chi connectivity index (χ1) is 12.8. The van der Waals surface area contributed by atoms with Gasteiger partial charge in [-0.1, -0.05) is 11.6 Å². The monoisotopic (exact) mass is 414 g/mol. The SMILES string of the molecule is CS(=O)(=O)CCN1CCN(C(=O)C2CCN(c3ccc(Cl)cn3)CC2)CC1. The van der Waals surface area contributed by atoms with E-state index in [0.717, 1.165) is 44.8 Å². The number of carbonyl (C=O) groups excluding carboxylic acids is 1. The van der Waals surface area contributed by atoms with E-state index in [1.54, 1.807) is 6.20 Å². The lowest BCUT2D eigenvalue weighted by atomic mass is 9.95. The quantitative estimate of drug-likeness (QED) is 0.719. The molecule has 3 rings (SSSR count). The topological polar surface area (TPSA) is 73.8 Å². The van der Waals surface area contributed by atoms with Crippen LogP contribution in [-0.2, 0) is 14.6 Å². The highest BCUT2D eigenvalue weighted by molar-refractivity contribution is 7.90. The molecule has 0 atom stereocenters. The number of piperazine rings is 1. The summed E-state index contributed by atoms with van der Waals surface area (Å²) in [6.45, 7) is 5.04. The van der Waals surface area contributed by atoms with Crippen LogP contribution >= 0.6 is 11.6 Å². The molecule has 3 heterocycles. The second kappa shape index (κ2) is 8.75. The van der Waals surface area contributed by atoms with Gasteiger partial charge in [-0.05, 0) is 25.0 Å². The van der Waals surface area contributed by atoms with Crippen LogP contribution in [0.25, 0.3) is 0 Å². The lowest BCUT2D eigenvalue weighted by Gasteiger charge is -2.38. The van der Waals surface area contributed by atoms with E-state index in [1.807, 2.05) is 17.0 Å². The average molecular weight is 415 g/mol. The van der Waals surface area contributed by atoms with Crippen LogP contribution in [-0.4, -0.2) is 86.9 Å². The van der Waals surface area contributed by atoms with E-state index in [-0.39, 0.29) is 17.6 Å². The van der Waals surface area contributed by atoms with Gasteiger partial charge in [0.05, 0.1) is 10.8 Å². The molecule has 0 aliphatic carbocycles. The first-order valence-electron chi connectivity index (χ1n) is 9.37. The molecular weight excluding hydrogens is 388 g/mol. The molecular formula is C18H27ClN4O3S. The number of halogens is 1. The Morgan fingerprint density at radius 3 is 2.37 bits per heavy atom. The second-order valence-electron chi connectivity index (χ2n) is 7.39. The summed E-state index contributed by atoms with van der Waals surface area (Å²) >= 11 is 5.89. The van der Waals surface area contributed by atoms with Gasteiger partial charge in [-0.25, -0.2) is 13.4 Å². The number of pyridine rings is 1. The van der Waals surface area contributed by atoms with Gasteiger partial charge in [0, 0.05) is 64.2 Å². The van der Waals surface area contributed by atoms with Gasteiger partial charge < -0.3 is 9.80 Å². The molecule has 1 aromatic heterocycles. The lowest BCUT2D eigenvalue weighted by Crippen LogP contribution is -2.52. The maximum absolute atomic E-state index is 12.8. The largest absolute Gasteiger partial charge is 0.357 e. The molecule has 0 unspecified atom stereocenters. The van der Waals surface area contributed by atoms with Crippen LogP contribution in [0.3, 0.4) is 0 Å². The van der Waals surface area contributed by atoms with Crippen molar-refractivity contribution in [1.29, 1.82) is 0 Å². The van der Waals surface area contributed by atoms with Gasteiger partial charge in [0.2, 0.25) is 5.91 Å². The van der Waals surface area contributed by atoms with E-state index >= 15 is 0 Å². The summed E-state index contributed by atoms with van der Waals surface area (Å²) in [5, 5.41) is 0.625. The van der Waals surface area contributed by atoms with Crippen LogP contribution in [0, 0.1) is 5.92 Å². The molecule has 0 N–H and O–H groups in total. The fraction of sp³-hybridized carbons (Fsp3) is 0.667. The third-order valence-electron chi connectivity index (χ3n) is 5.34. The number of hydrogen-bond donors (Lipinski definition) is 0. The predicted octanol–water partition coefficient (Wildman–Crippen LogP) is 1.14. The number of anilines is 1. The zero-order valence-corrected chi connectivity index (χ0v) is 17.3. The highest BCUT2D eigenvalue weighted by atomic mass is 35.5. The third-order valence-corrected chi connectivity index (χ3v) is 6.49. The van der Waals surface area contributed by atoms with Crippen LogP contribution in [0.2, 0.25) is 5.02 Å². The maximum atomic E-state index is 12.8. The Balaban J connectivity index is 1.44. The van der Waals surface area contributed by atoms with Crippen LogP contribution in [0.4, 0.5) is 5.82 Å². The zero-order valence-electron chi connectivity index (χ0n) is 15.7. The fourth-order valence-electron chi connectivity index (χ4n) is 3.66. The molecule has 0 spiro atoms. The number of amides is 1. The number of aromatic nitrogens is 1. The minimum Gasteiger partial charge on any atom is -0.357 e. The molecule has 1 amide bonds. The van der Waals surface area contributed by atoms with Crippen molar-refractivity contribution in [3.8, 4) is 0 Å². The van der Waals surface area contributed by atoms with Crippen molar-refractivity contribution >= 4 is 33.2 Å². The normalized spacial score (nSPS) is 20.1. The number of rotatable bonds is 5. The summed E-state index contributed by atoms with van der Waals surface area (Å²) in [7, 11) is -2.94. The summed E-state index contributed by atoms with van der Waals surface area (Å²) in [5.74, 6) is 1.39. The summed E-state index contributed by atoms with van der Waals surface area (Å²) in [6.07, 6.45) is 4.57. The van der Waals surface area contributed by atoms with E-state index in [0.29, 0.717) is 24.7 Å². The summed E-state index contributed by atoms with van der Waals surface area (Å²) in [4.78, 5) is 23.4. The fourth-order valence-corrected chi connectivity index (χ4v) is 4.36. The zero-order chi connectivity index (χ0) is 19.4. The van der Waals surface area contributed by atoms with Crippen molar-refractivity contribution in [2.45, 2.75) is 12.8 Å². The second-order valence-corrected chi connectivity index (χ2v) is 10.1. The first kappa shape index (κ1) is 20.4. The van der Waals surface area contributed by atoms with E-state index < -0.39 is 9.84 Å². The molecule has 2 saturated heterocycles. The van der Waals surface area contributed by atoms with Gasteiger partial charge >= 0.3 is 0 Å². The number of piperidine rings is 1. The average Bonchev–Trinajstić information content (AvgIpc) is 2.66. The smallest absolute Gasteiger partial charge is 0.225 e. The van der Waals surface area contributed by atoms with Gasteiger partial charge in [0.25, 0.3) is 0 Å². The Labute approximate surface area is 166 Å². The Morgan fingerprint density at radius 1 is 1.15 bits per heavy atom. The molecule has 2 aliphatic rings. The lowest BCUT2D eigenvalue weighted by molar-refractivity contribution is -0.137. The summed E-state index contributed by atoms with van der Waals surface area (Å²) < 4.78 is 22.6. The van der Waals surface area contributed by atoms with Crippen molar-refractivity contribution in [3.63, 3.8) is 0 Å². The van der Waals surface area contributed by atoms with Crippen LogP contribution in [0.15, 0.2) is 18.3 Å². The van der Waals surface area contributed by atoms with E-state index in [9.17, 15) is 13.2 Å². The molecule has 7 nitrogen and oxygen atoms in total. The van der Waals surface area contributed by atoms with Crippen molar-refractivity contribution in [1.82, 2.24) is 14.8 Å². The molecule has 0 bridgehead atoms. The van der Waals surface area contributed by atoms with Crippen LogP contribution in [0.1, 0.15) is 12.8 Å². The Morgan fingerprint density at radius 2 is 1.81 bits per heavy atom.